The second kappa shape index (κ2) is 7.38. The highest BCUT2D eigenvalue weighted by Crippen LogP contribution is 2.25. The van der Waals surface area contributed by atoms with Crippen LogP contribution >= 0.6 is 0 Å². The first-order valence-corrected chi connectivity index (χ1v) is 5.97. The van der Waals surface area contributed by atoms with Gasteiger partial charge in [-0.05, 0) is 12.5 Å². The van der Waals surface area contributed by atoms with Crippen molar-refractivity contribution in [3.63, 3.8) is 0 Å². The van der Waals surface area contributed by atoms with Crippen molar-refractivity contribution in [1.29, 1.82) is 0 Å². The lowest BCUT2D eigenvalue weighted by Gasteiger charge is -2.14. The molecule has 0 fully saturated rings. The zero-order valence-electron chi connectivity index (χ0n) is 11.5. The fourth-order valence-corrected chi connectivity index (χ4v) is 1.61. The number of methoxy groups -OCH3 is 1. The molecule has 0 unspecified atom stereocenters. The molecule has 0 aromatic carbocycles. The van der Waals surface area contributed by atoms with Crippen molar-refractivity contribution < 1.29 is 9.47 Å². The largest absolute Gasteiger partial charge is 0.488 e. The standard InChI is InChI=1S/C15H20N2O2/c1-5-7-12(6-2)10-19-14-8-15(18-4)17-11(3)13(14)9-16/h5-8H,1-2,9-10,16H2,3-4H3/b12-7+. The number of rotatable bonds is 7. The summed E-state index contributed by atoms with van der Waals surface area (Å²) >= 11 is 0. The highest BCUT2D eigenvalue weighted by atomic mass is 16.5. The van der Waals surface area contributed by atoms with Gasteiger partial charge < -0.3 is 15.2 Å². The number of nitrogens with two attached hydrogens (primary N) is 1. The van der Waals surface area contributed by atoms with Gasteiger partial charge in [-0.1, -0.05) is 31.4 Å². The van der Waals surface area contributed by atoms with E-state index < -0.39 is 0 Å². The van der Waals surface area contributed by atoms with Crippen LogP contribution in [0.1, 0.15) is 11.3 Å². The van der Waals surface area contributed by atoms with Gasteiger partial charge in [0.25, 0.3) is 0 Å². The lowest BCUT2D eigenvalue weighted by molar-refractivity contribution is 0.342. The highest BCUT2D eigenvalue weighted by molar-refractivity contribution is 5.40. The topological polar surface area (TPSA) is 57.4 Å². The molecule has 1 aromatic rings. The zero-order valence-corrected chi connectivity index (χ0v) is 11.5. The second-order valence-corrected chi connectivity index (χ2v) is 3.90. The molecule has 4 heteroatoms. The van der Waals surface area contributed by atoms with Gasteiger partial charge in [0, 0.05) is 23.9 Å². The molecule has 0 aliphatic carbocycles. The fourth-order valence-electron chi connectivity index (χ4n) is 1.61. The minimum atomic E-state index is 0.368. The SMILES string of the molecule is C=C/C=C(\C=C)COc1cc(OC)nc(C)c1CN. The molecule has 2 N–H and O–H groups in total. The molecule has 0 amide bonds. The van der Waals surface area contributed by atoms with E-state index in [9.17, 15) is 0 Å². The van der Waals surface area contributed by atoms with Gasteiger partial charge in [0.1, 0.15) is 12.4 Å². The van der Waals surface area contributed by atoms with Crippen LogP contribution in [0.2, 0.25) is 0 Å². The minimum absolute atomic E-state index is 0.368. The van der Waals surface area contributed by atoms with Crippen LogP contribution < -0.4 is 15.2 Å². The Morgan fingerprint density at radius 1 is 1.47 bits per heavy atom. The number of aryl methyl sites for hydroxylation is 1. The molecule has 4 nitrogen and oxygen atoms in total. The smallest absolute Gasteiger partial charge is 0.216 e. The first-order valence-electron chi connectivity index (χ1n) is 5.97. The number of nitrogens with zero attached hydrogens (tertiary/aromatic N) is 1. The van der Waals surface area contributed by atoms with Gasteiger partial charge in [-0.25, -0.2) is 4.98 Å². The normalized spacial score (nSPS) is 11.0. The second-order valence-electron chi connectivity index (χ2n) is 3.90. The van der Waals surface area contributed by atoms with Gasteiger partial charge in [0.05, 0.1) is 7.11 Å². The molecular weight excluding hydrogens is 240 g/mol. The Bertz CT molecular complexity index is 493. The molecule has 19 heavy (non-hydrogen) atoms. The van der Waals surface area contributed by atoms with Crippen molar-refractivity contribution in [3.05, 3.63) is 54.3 Å². The molecule has 1 heterocycles. The summed E-state index contributed by atoms with van der Waals surface area (Å²) in [6.45, 7) is 10.0. The van der Waals surface area contributed by atoms with Gasteiger partial charge in [-0.2, -0.15) is 0 Å². The van der Waals surface area contributed by atoms with Crippen LogP contribution in [0.3, 0.4) is 0 Å². The predicted octanol–water partition coefficient (Wildman–Crippen LogP) is 2.53. The molecule has 0 atom stereocenters. The number of aromatic nitrogens is 1. The third-order valence-corrected chi connectivity index (χ3v) is 2.67. The Hall–Kier alpha value is -2.07. The van der Waals surface area contributed by atoms with Crippen molar-refractivity contribution in [2.24, 2.45) is 5.73 Å². The Labute approximate surface area is 114 Å². The quantitative estimate of drug-likeness (QED) is 0.765. The fraction of sp³-hybridized carbons (Fsp3) is 0.267. The number of hydrogen-bond donors (Lipinski definition) is 1. The maximum absolute atomic E-state index is 5.77. The molecule has 0 radical (unpaired) electrons. The minimum Gasteiger partial charge on any atom is -0.488 e. The van der Waals surface area contributed by atoms with E-state index in [1.165, 1.54) is 0 Å². The lowest BCUT2D eigenvalue weighted by atomic mass is 10.2. The molecule has 0 saturated heterocycles. The van der Waals surface area contributed by atoms with E-state index in [0.29, 0.717) is 24.8 Å². The van der Waals surface area contributed by atoms with E-state index in [1.807, 2.05) is 13.0 Å². The van der Waals surface area contributed by atoms with Crippen molar-refractivity contribution >= 4 is 0 Å². The molecule has 0 bridgehead atoms. The van der Waals surface area contributed by atoms with Gasteiger partial charge in [-0.15, -0.1) is 0 Å². The maximum atomic E-state index is 5.77. The van der Waals surface area contributed by atoms with Crippen molar-refractivity contribution in [2.75, 3.05) is 13.7 Å². The molecule has 0 spiro atoms. The summed E-state index contributed by atoms with van der Waals surface area (Å²) in [7, 11) is 1.57. The summed E-state index contributed by atoms with van der Waals surface area (Å²) in [6.07, 6.45) is 5.28. The van der Waals surface area contributed by atoms with Crippen LogP contribution in [0.4, 0.5) is 0 Å². The molecule has 1 aromatic heterocycles. The van der Waals surface area contributed by atoms with E-state index in [-0.39, 0.29) is 0 Å². The Balaban J connectivity index is 2.98. The Morgan fingerprint density at radius 2 is 2.21 bits per heavy atom. The molecule has 1 rings (SSSR count). The first kappa shape index (κ1) is 15.0. The van der Waals surface area contributed by atoms with Crippen molar-refractivity contribution in [2.45, 2.75) is 13.5 Å². The summed E-state index contributed by atoms with van der Waals surface area (Å²) < 4.78 is 10.9. The molecule has 0 saturated carbocycles. The molecular formula is C15H20N2O2. The summed E-state index contributed by atoms with van der Waals surface area (Å²) in [4.78, 5) is 4.27. The third-order valence-electron chi connectivity index (χ3n) is 2.67. The van der Waals surface area contributed by atoms with Gasteiger partial charge in [-0.3, -0.25) is 0 Å². The Kier molecular flexibility index (Phi) is 5.82. The summed E-state index contributed by atoms with van der Waals surface area (Å²) in [5.74, 6) is 1.20. The van der Waals surface area contributed by atoms with Crippen molar-refractivity contribution in [3.8, 4) is 11.6 Å². The van der Waals surface area contributed by atoms with E-state index in [4.69, 9.17) is 15.2 Å². The number of hydrogen-bond acceptors (Lipinski definition) is 4. The predicted molar refractivity (Wildman–Crippen MR) is 77.4 cm³/mol. The molecule has 0 aliphatic rings. The van der Waals surface area contributed by atoms with E-state index in [0.717, 1.165) is 16.8 Å². The van der Waals surface area contributed by atoms with E-state index >= 15 is 0 Å². The number of pyridine rings is 1. The van der Waals surface area contributed by atoms with Crippen LogP contribution in [-0.2, 0) is 6.54 Å². The molecule has 0 aliphatic heterocycles. The van der Waals surface area contributed by atoms with E-state index in [2.05, 4.69) is 18.1 Å². The monoisotopic (exact) mass is 260 g/mol. The van der Waals surface area contributed by atoms with Crippen LogP contribution in [0, 0.1) is 6.92 Å². The zero-order chi connectivity index (χ0) is 14.3. The summed E-state index contributed by atoms with van der Waals surface area (Å²) in [5.41, 5.74) is 8.35. The molecule has 102 valence electrons. The van der Waals surface area contributed by atoms with Gasteiger partial charge >= 0.3 is 0 Å². The van der Waals surface area contributed by atoms with E-state index in [1.54, 1.807) is 25.3 Å². The van der Waals surface area contributed by atoms with Crippen LogP contribution in [0.15, 0.2) is 43.0 Å². The Morgan fingerprint density at radius 3 is 2.74 bits per heavy atom. The van der Waals surface area contributed by atoms with Crippen molar-refractivity contribution in [1.82, 2.24) is 4.98 Å². The first-order chi connectivity index (χ1) is 9.15. The maximum Gasteiger partial charge on any atom is 0.216 e. The lowest BCUT2D eigenvalue weighted by Crippen LogP contribution is -2.08. The van der Waals surface area contributed by atoms with Gasteiger partial charge in [0.2, 0.25) is 5.88 Å². The van der Waals surface area contributed by atoms with Crippen LogP contribution in [-0.4, -0.2) is 18.7 Å². The van der Waals surface area contributed by atoms with Gasteiger partial charge in [0.15, 0.2) is 0 Å². The van der Waals surface area contributed by atoms with Crippen LogP contribution in [0.5, 0.6) is 11.6 Å². The summed E-state index contributed by atoms with van der Waals surface area (Å²) in [5, 5.41) is 0. The third kappa shape index (κ3) is 3.96. The number of allylic oxidation sites excluding steroid dienone is 2. The number of ether oxygens (including phenoxy) is 2. The highest BCUT2D eigenvalue weighted by Gasteiger charge is 2.10. The average molecular weight is 260 g/mol. The van der Waals surface area contributed by atoms with Crippen LogP contribution in [0.25, 0.3) is 0 Å². The summed E-state index contributed by atoms with van der Waals surface area (Å²) in [6, 6.07) is 1.74. The average Bonchev–Trinajstić information content (AvgIpc) is 2.42.